The molecule has 0 unspecified atom stereocenters. The quantitative estimate of drug-likeness (QED) is 0.723. The summed E-state index contributed by atoms with van der Waals surface area (Å²) in [5, 5.41) is 5.99. The number of aromatic nitrogens is 3. The second kappa shape index (κ2) is 3.06. The van der Waals surface area contributed by atoms with Gasteiger partial charge < -0.3 is 5.73 Å². The van der Waals surface area contributed by atoms with E-state index in [1.807, 2.05) is 0 Å². The molecule has 0 radical (unpaired) electrons. The second-order valence-corrected chi connectivity index (χ2v) is 2.68. The van der Waals surface area contributed by atoms with Gasteiger partial charge in [0.15, 0.2) is 11.6 Å². The first kappa shape index (κ1) is 8.61. The van der Waals surface area contributed by atoms with Gasteiger partial charge in [0.25, 0.3) is 0 Å². The maximum Gasteiger partial charge on any atom is 0.153 e. The smallest absolute Gasteiger partial charge is 0.153 e. The van der Waals surface area contributed by atoms with E-state index in [2.05, 4.69) is 15.2 Å². The molecule has 14 heavy (non-hydrogen) atoms. The molecule has 0 fully saturated rings. The topological polar surface area (TPSA) is 67.6 Å². The molecule has 0 bridgehead atoms. The van der Waals surface area contributed by atoms with Crippen molar-refractivity contribution in [2.45, 2.75) is 0 Å². The summed E-state index contributed by atoms with van der Waals surface area (Å²) in [6.07, 6.45) is 1.85. The fraction of sp³-hybridized carbons (Fsp3) is 0. The lowest BCUT2D eigenvalue weighted by atomic mass is 10.2. The van der Waals surface area contributed by atoms with E-state index in [9.17, 15) is 8.78 Å². The van der Waals surface area contributed by atoms with Gasteiger partial charge in [0, 0.05) is 6.07 Å². The number of anilines is 1. The molecule has 2 aromatic rings. The van der Waals surface area contributed by atoms with Crippen LogP contribution < -0.4 is 5.73 Å². The number of hydrogen-bond donors (Lipinski definition) is 2. The Kier molecular flexibility index (Phi) is 1.88. The average molecular weight is 196 g/mol. The third-order valence-electron chi connectivity index (χ3n) is 1.72. The summed E-state index contributed by atoms with van der Waals surface area (Å²) < 4.78 is 26.3. The van der Waals surface area contributed by atoms with Gasteiger partial charge in [-0.15, -0.1) is 0 Å². The van der Waals surface area contributed by atoms with Gasteiger partial charge in [0.1, 0.15) is 5.82 Å². The highest BCUT2D eigenvalue weighted by Gasteiger charge is 2.13. The molecule has 0 aromatic carbocycles. The molecule has 0 saturated carbocycles. The summed E-state index contributed by atoms with van der Waals surface area (Å²) in [5.74, 6) is -1.34. The predicted molar refractivity (Wildman–Crippen MR) is 46.1 cm³/mol. The van der Waals surface area contributed by atoms with Crippen LogP contribution >= 0.6 is 0 Å². The molecule has 0 saturated heterocycles. The SMILES string of the molecule is Nc1cc(-c2c(F)cncc2F)[nH]n1. The van der Waals surface area contributed by atoms with Gasteiger partial charge in [-0.05, 0) is 0 Å². The largest absolute Gasteiger partial charge is 0.382 e. The zero-order valence-electron chi connectivity index (χ0n) is 6.96. The van der Waals surface area contributed by atoms with Crippen LogP contribution in [0.2, 0.25) is 0 Å². The zero-order valence-corrected chi connectivity index (χ0v) is 6.96. The minimum absolute atomic E-state index is 0.176. The zero-order chi connectivity index (χ0) is 10.1. The highest BCUT2D eigenvalue weighted by Crippen LogP contribution is 2.23. The van der Waals surface area contributed by atoms with Gasteiger partial charge >= 0.3 is 0 Å². The van der Waals surface area contributed by atoms with E-state index in [-0.39, 0.29) is 17.1 Å². The Bertz CT molecular complexity index is 446. The number of nitrogens with one attached hydrogen (secondary N) is 1. The highest BCUT2D eigenvalue weighted by molar-refractivity contribution is 5.62. The summed E-state index contributed by atoms with van der Waals surface area (Å²) in [5.41, 5.74) is 5.30. The van der Waals surface area contributed by atoms with Crippen molar-refractivity contribution in [3.05, 3.63) is 30.1 Å². The molecular weight excluding hydrogens is 190 g/mol. The van der Waals surface area contributed by atoms with Gasteiger partial charge in [-0.25, -0.2) is 8.78 Å². The lowest BCUT2D eigenvalue weighted by molar-refractivity contribution is 0.578. The van der Waals surface area contributed by atoms with E-state index in [0.29, 0.717) is 0 Å². The van der Waals surface area contributed by atoms with Crippen molar-refractivity contribution < 1.29 is 8.78 Å². The molecule has 0 amide bonds. The number of nitrogens with zero attached hydrogens (tertiary/aromatic N) is 2. The van der Waals surface area contributed by atoms with Crippen LogP contribution in [0.5, 0.6) is 0 Å². The van der Waals surface area contributed by atoms with Gasteiger partial charge in [-0.1, -0.05) is 0 Å². The van der Waals surface area contributed by atoms with Crippen LogP contribution in [0.25, 0.3) is 11.3 Å². The number of halogens is 2. The Morgan fingerprint density at radius 1 is 1.21 bits per heavy atom. The van der Waals surface area contributed by atoms with Crippen LogP contribution in [0.3, 0.4) is 0 Å². The van der Waals surface area contributed by atoms with Crippen LogP contribution in [-0.4, -0.2) is 15.2 Å². The van der Waals surface area contributed by atoms with Crippen molar-refractivity contribution in [3.8, 4) is 11.3 Å². The van der Waals surface area contributed by atoms with Gasteiger partial charge in [0.05, 0.1) is 23.7 Å². The summed E-state index contributed by atoms with van der Waals surface area (Å²) >= 11 is 0. The van der Waals surface area contributed by atoms with Crippen LogP contribution in [0.15, 0.2) is 18.5 Å². The summed E-state index contributed by atoms with van der Waals surface area (Å²) in [6, 6.07) is 1.35. The first-order valence-corrected chi connectivity index (χ1v) is 3.78. The lowest BCUT2D eigenvalue weighted by Crippen LogP contribution is -1.91. The standard InChI is InChI=1S/C8H6F2N4/c9-4-2-12-3-5(10)8(4)6-1-7(11)14-13-6/h1-3H,(H3,11,13,14). The van der Waals surface area contributed by atoms with Gasteiger partial charge in [-0.2, -0.15) is 5.10 Å². The van der Waals surface area contributed by atoms with Crippen LogP contribution in [-0.2, 0) is 0 Å². The van der Waals surface area contributed by atoms with Crippen LogP contribution in [0.1, 0.15) is 0 Å². The Hall–Kier alpha value is -1.98. The van der Waals surface area contributed by atoms with Crippen LogP contribution in [0.4, 0.5) is 14.6 Å². The van der Waals surface area contributed by atoms with Crippen molar-refractivity contribution in [1.82, 2.24) is 15.2 Å². The monoisotopic (exact) mass is 196 g/mol. The van der Waals surface area contributed by atoms with Gasteiger partial charge in [-0.3, -0.25) is 10.1 Å². The molecule has 2 aromatic heterocycles. The number of aromatic amines is 1. The molecule has 0 aliphatic rings. The molecule has 0 aliphatic heterocycles. The number of nitrogens with two attached hydrogens (primary N) is 1. The van der Waals surface area contributed by atoms with Crippen molar-refractivity contribution in [2.75, 3.05) is 5.73 Å². The van der Waals surface area contributed by atoms with E-state index in [4.69, 9.17) is 5.73 Å². The number of H-pyrrole nitrogens is 1. The molecular formula is C8H6F2N4. The Labute approximate surface area is 77.8 Å². The molecule has 0 aliphatic carbocycles. The normalized spacial score (nSPS) is 10.4. The molecule has 72 valence electrons. The van der Waals surface area contributed by atoms with Crippen molar-refractivity contribution in [2.24, 2.45) is 0 Å². The molecule has 4 nitrogen and oxygen atoms in total. The molecule has 0 atom stereocenters. The van der Waals surface area contributed by atoms with Gasteiger partial charge in [0.2, 0.25) is 0 Å². The number of rotatable bonds is 1. The average Bonchev–Trinajstić information content (AvgIpc) is 2.51. The van der Waals surface area contributed by atoms with Crippen molar-refractivity contribution in [1.29, 1.82) is 0 Å². The molecule has 2 heterocycles. The number of hydrogen-bond acceptors (Lipinski definition) is 3. The van der Waals surface area contributed by atoms with E-state index in [1.54, 1.807) is 0 Å². The number of nitrogen functional groups attached to an aromatic ring is 1. The molecule has 6 heteroatoms. The second-order valence-electron chi connectivity index (χ2n) is 2.68. The first-order valence-electron chi connectivity index (χ1n) is 3.78. The summed E-state index contributed by atoms with van der Waals surface area (Å²) in [6.45, 7) is 0. The fourth-order valence-corrected chi connectivity index (χ4v) is 1.13. The Balaban J connectivity index is 2.61. The minimum Gasteiger partial charge on any atom is -0.382 e. The summed E-state index contributed by atoms with van der Waals surface area (Å²) in [4.78, 5) is 3.36. The molecule has 0 spiro atoms. The van der Waals surface area contributed by atoms with E-state index < -0.39 is 11.6 Å². The third-order valence-corrected chi connectivity index (χ3v) is 1.72. The maximum absolute atomic E-state index is 13.2. The lowest BCUT2D eigenvalue weighted by Gasteiger charge is -1.99. The number of pyridine rings is 1. The van der Waals surface area contributed by atoms with E-state index in [1.165, 1.54) is 6.07 Å². The Morgan fingerprint density at radius 3 is 2.36 bits per heavy atom. The molecule has 2 rings (SSSR count). The Morgan fingerprint density at radius 2 is 1.86 bits per heavy atom. The highest BCUT2D eigenvalue weighted by atomic mass is 19.1. The predicted octanol–water partition coefficient (Wildman–Crippen LogP) is 1.33. The van der Waals surface area contributed by atoms with E-state index in [0.717, 1.165) is 12.4 Å². The minimum atomic E-state index is -0.756. The summed E-state index contributed by atoms with van der Waals surface area (Å²) in [7, 11) is 0. The maximum atomic E-state index is 13.2. The third kappa shape index (κ3) is 1.30. The fourth-order valence-electron chi connectivity index (χ4n) is 1.13. The first-order chi connectivity index (χ1) is 6.68. The van der Waals surface area contributed by atoms with Crippen LogP contribution in [0, 0.1) is 11.6 Å². The molecule has 3 N–H and O–H groups in total. The van der Waals surface area contributed by atoms with E-state index >= 15 is 0 Å². The van der Waals surface area contributed by atoms with Crippen molar-refractivity contribution in [3.63, 3.8) is 0 Å². The van der Waals surface area contributed by atoms with Crippen molar-refractivity contribution >= 4 is 5.82 Å².